The summed E-state index contributed by atoms with van der Waals surface area (Å²) < 4.78 is 0. The van der Waals surface area contributed by atoms with Gasteiger partial charge in [-0.05, 0) is 34.7 Å². The van der Waals surface area contributed by atoms with Gasteiger partial charge in [0.15, 0.2) is 0 Å². The van der Waals surface area contributed by atoms with E-state index in [1.807, 2.05) is 42.5 Å². The van der Waals surface area contributed by atoms with E-state index in [1.165, 1.54) is 5.56 Å². The van der Waals surface area contributed by atoms with Gasteiger partial charge in [-0.1, -0.05) is 72.8 Å². The number of rotatable bonds is 6. The molecule has 0 bridgehead atoms. The van der Waals surface area contributed by atoms with E-state index in [1.54, 1.807) is 0 Å². The van der Waals surface area contributed by atoms with Crippen molar-refractivity contribution in [2.75, 3.05) is 13.1 Å². The number of nitrogens with two attached hydrogens (primary N) is 1. The minimum Gasteiger partial charge on any atom is -0.335 e. The third kappa shape index (κ3) is 4.51. The smallest absolute Gasteiger partial charge is 0.238 e. The van der Waals surface area contributed by atoms with E-state index in [0.717, 1.165) is 29.4 Å². The number of amides is 1. The van der Waals surface area contributed by atoms with Gasteiger partial charge in [0.1, 0.15) is 5.54 Å². The van der Waals surface area contributed by atoms with Crippen molar-refractivity contribution in [3.05, 3.63) is 83.9 Å². The number of carbonyl (C=O) groups is 1. The summed E-state index contributed by atoms with van der Waals surface area (Å²) in [6.07, 6.45) is 1.04. The fraction of sp³-hybridized carbons (Fsp3) is 0.280. The average Bonchev–Trinajstić information content (AvgIpc) is 3.17. The Balaban J connectivity index is 1.38. The number of nitrogens with zero attached hydrogens (tertiary/aromatic N) is 2. The maximum Gasteiger partial charge on any atom is 0.238 e. The summed E-state index contributed by atoms with van der Waals surface area (Å²) in [6.45, 7) is 2.04. The quantitative estimate of drug-likeness (QED) is 0.669. The average molecular weight is 399 g/mol. The molecule has 0 radical (unpaired) electrons. The Kier molecular flexibility index (Phi) is 5.80. The minimum atomic E-state index is -0.882. The van der Waals surface area contributed by atoms with Gasteiger partial charge in [0, 0.05) is 19.6 Å². The largest absolute Gasteiger partial charge is 0.335 e. The molecule has 1 saturated heterocycles. The molecule has 3 N–H and O–H groups in total. The zero-order valence-electron chi connectivity index (χ0n) is 16.9. The maximum absolute atomic E-state index is 12.8. The first-order valence-corrected chi connectivity index (χ1v) is 10.3. The predicted molar refractivity (Wildman–Crippen MR) is 118 cm³/mol. The van der Waals surface area contributed by atoms with Gasteiger partial charge < -0.3 is 11.1 Å². The highest BCUT2D eigenvalue weighted by Gasteiger charge is 2.40. The van der Waals surface area contributed by atoms with E-state index >= 15 is 0 Å². The summed E-state index contributed by atoms with van der Waals surface area (Å²) in [5, 5.41) is 15.0. The van der Waals surface area contributed by atoms with Gasteiger partial charge in [0.25, 0.3) is 0 Å². The Hall–Kier alpha value is -3.20. The first kappa shape index (κ1) is 20.1. The highest BCUT2D eigenvalue weighted by atomic mass is 16.2. The van der Waals surface area contributed by atoms with Gasteiger partial charge in [-0.25, -0.2) is 0 Å². The molecule has 1 amide bonds. The highest BCUT2D eigenvalue weighted by Crippen LogP contribution is 2.23. The molecule has 2 unspecified atom stereocenters. The Morgan fingerprint density at radius 3 is 2.57 bits per heavy atom. The highest BCUT2D eigenvalue weighted by molar-refractivity contribution is 5.85. The summed E-state index contributed by atoms with van der Waals surface area (Å²) in [5.41, 5.74) is 7.54. The van der Waals surface area contributed by atoms with Gasteiger partial charge in [-0.2, -0.15) is 5.26 Å². The number of hydrogen-bond acceptors (Lipinski definition) is 4. The molecule has 152 valence electrons. The SMILES string of the molecule is N#CC1(NC(=O)C(N)Cc2ccc3ccccc3c2)CCN(Cc2ccccc2)C1. The molecule has 1 fully saturated rings. The summed E-state index contributed by atoms with van der Waals surface area (Å²) in [4.78, 5) is 15.0. The molecule has 3 aromatic rings. The van der Waals surface area contributed by atoms with Crippen LogP contribution in [-0.2, 0) is 17.8 Å². The van der Waals surface area contributed by atoms with E-state index < -0.39 is 11.6 Å². The molecule has 5 heteroatoms. The lowest BCUT2D eigenvalue weighted by Crippen LogP contribution is -2.54. The molecule has 0 aromatic heterocycles. The van der Waals surface area contributed by atoms with Crippen molar-refractivity contribution in [1.82, 2.24) is 10.2 Å². The van der Waals surface area contributed by atoms with E-state index in [4.69, 9.17) is 5.73 Å². The van der Waals surface area contributed by atoms with Crippen molar-refractivity contribution in [3.8, 4) is 6.07 Å². The molecule has 4 rings (SSSR count). The van der Waals surface area contributed by atoms with Crippen molar-refractivity contribution < 1.29 is 4.79 Å². The van der Waals surface area contributed by atoms with Crippen LogP contribution in [0.3, 0.4) is 0 Å². The molecule has 1 heterocycles. The predicted octanol–water partition coefficient (Wildman–Crippen LogP) is 2.99. The van der Waals surface area contributed by atoms with Crippen molar-refractivity contribution >= 4 is 16.7 Å². The Labute approximate surface area is 177 Å². The van der Waals surface area contributed by atoms with Crippen molar-refractivity contribution in [2.45, 2.75) is 31.0 Å². The van der Waals surface area contributed by atoms with Crippen LogP contribution in [0, 0.1) is 11.3 Å². The topological polar surface area (TPSA) is 82.1 Å². The van der Waals surface area contributed by atoms with Crippen molar-refractivity contribution in [1.29, 1.82) is 5.26 Å². The Bertz CT molecular complexity index is 1080. The van der Waals surface area contributed by atoms with Crippen LogP contribution in [-0.4, -0.2) is 35.5 Å². The van der Waals surface area contributed by atoms with E-state index in [-0.39, 0.29) is 5.91 Å². The molecule has 0 aliphatic carbocycles. The number of benzene rings is 3. The lowest BCUT2D eigenvalue weighted by atomic mass is 9.98. The lowest BCUT2D eigenvalue weighted by Gasteiger charge is -2.25. The zero-order valence-corrected chi connectivity index (χ0v) is 16.9. The molecule has 2 atom stereocenters. The van der Waals surface area contributed by atoms with Crippen LogP contribution < -0.4 is 11.1 Å². The van der Waals surface area contributed by atoms with Crippen LogP contribution in [0.5, 0.6) is 0 Å². The number of nitriles is 1. The summed E-state index contributed by atoms with van der Waals surface area (Å²) >= 11 is 0. The lowest BCUT2D eigenvalue weighted by molar-refractivity contribution is -0.123. The van der Waals surface area contributed by atoms with Gasteiger partial charge in [-0.15, -0.1) is 0 Å². The fourth-order valence-electron chi connectivity index (χ4n) is 4.13. The number of carbonyl (C=O) groups excluding carboxylic acids is 1. The first-order chi connectivity index (χ1) is 14.6. The van der Waals surface area contributed by atoms with Crippen molar-refractivity contribution in [2.24, 2.45) is 5.73 Å². The molecule has 0 spiro atoms. The van der Waals surface area contributed by atoms with Crippen LogP contribution in [0.4, 0.5) is 0 Å². The van der Waals surface area contributed by atoms with E-state index in [9.17, 15) is 10.1 Å². The third-order valence-corrected chi connectivity index (χ3v) is 5.78. The van der Waals surface area contributed by atoms with Crippen LogP contribution in [0.25, 0.3) is 10.8 Å². The molecule has 1 aliphatic heterocycles. The monoisotopic (exact) mass is 398 g/mol. The molecule has 30 heavy (non-hydrogen) atoms. The van der Waals surface area contributed by atoms with Crippen molar-refractivity contribution in [3.63, 3.8) is 0 Å². The second-order valence-corrected chi connectivity index (χ2v) is 8.12. The van der Waals surface area contributed by atoms with Crippen LogP contribution in [0.2, 0.25) is 0 Å². The summed E-state index contributed by atoms with van der Waals surface area (Å²) in [7, 11) is 0. The normalized spacial score (nSPS) is 20.0. The van der Waals surface area contributed by atoms with Gasteiger partial charge in [-0.3, -0.25) is 9.69 Å². The second kappa shape index (κ2) is 8.66. The van der Waals surface area contributed by atoms with Gasteiger partial charge >= 0.3 is 0 Å². The molecule has 5 nitrogen and oxygen atoms in total. The van der Waals surface area contributed by atoms with Crippen LogP contribution in [0.1, 0.15) is 17.5 Å². The second-order valence-electron chi connectivity index (χ2n) is 8.12. The third-order valence-electron chi connectivity index (χ3n) is 5.78. The first-order valence-electron chi connectivity index (χ1n) is 10.3. The Morgan fingerprint density at radius 2 is 1.80 bits per heavy atom. The van der Waals surface area contributed by atoms with E-state index in [0.29, 0.717) is 19.4 Å². The van der Waals surface area contributed by atoms with Crippen LogP contribution >= 0.6 is 0 Å². The fourth-order valence-corrected chi connectivity index (χ4v) is 4.13. The number of likely N-dealkylation sites (tertiary alicyclic amines) is 1. The zero-order chi connectivity index (χ0) is 21.0. The number of fused-ring (bicyclic) bond motifs is 1. The molecule has 1 aliphatic rings. The molecule has 0 saturated carbocycles. The summed E-state index contributed by atoms with van der Waals surface area (Å²) in [5.74, 6) is -0.272. The van der Waals surface area contributed by atoms with Crippen LogP contribution in [0.15, 0.2) is 72.8 Å². The summed E-state index contributed by atoms with van der Waals surface area (Å²) in [6, 6.07) is 26.0. The standard InChI is InChI=1S/C25H26N4O/c26-17-25(12-13-29(18-25)16-19-6-2-1-3-7-19)28-24(30)23(27)15-20-10-11-21-8-4-5-9-22(21)14-20/h1-11,14,23H,12-13,15-16,18,27H2,(H,28,30). The molecular weight excluding hydrogens is 372 g/mol. The van der Waals surface area contributed by atoms with Gasteiger partial charge in [0.05, 0.1) is 12.1 Å². The maximum atomic E-state index is 12.8. The minimum absolute atomic E-state index is 0.272. The van der Waals surface area contributed by atoms with E-state index in [2.05, 4.69) is 46.6 Å². The molecule has 3 aromatic carbocycles. The Morgan fingerprint density at radius 1 is 1.07 bits per heavy atom. The molecular formula is C25H26N4O. The number of nitrogens with one attached hydrogen (secondary N) is 1. The van der Waals surface area contributed by atoms with Gasteiger partial charge in [0.2, 0.25) is 5.91 Å². The number of hydrogen-bond donors (Lipinski definition) is 2.